The summed E-state index contributed by atoms with van der Waals surface area (Å²) in [6.07, 6.45) is 2.42. The molecule has 0 heterocycles. The fourth-order valence-corrected chi connectivity index (χ4v) is 2.95. The Kier molecular flexibility index (Phi) is 8.32. The van der Waals surface area contributed by atoms with Crippen LogP contribution in [-0.2, 0) is 11.2 Å². The van der Waals surface area contributed by atoms with E-state index in [0.717, 1.165) is 17.4 Å². The van der Waals surface area contributed by atoms with Crippen LogP contribution in [0.4, 0.5) is 0 Å². The molecule has 0 saturated carbocycles. The molecule has 2 unspecified atom stereocenters. The Morgan fingerprint density at radius 1 is 1.30 bits per heavy atom. The topological polar surface area (TPSA) is 40.1 Å². The molecule has 20 heavy (non-hydrogen) atoms. The molecule has 2 atom stereocenters. The number of carbonyl (C=O) groups excluding carboxylic acids is 1. The fourth-order valence-electron chi connectivity index (χ4n) is 2.20. The SMILES string of the molecule is CCC(C[N+](C)(C)C)C(=O)c1ccccc1[S+](C)[O-].[I-]. The van der Waals surface area contributed by atoms with Gasteiger partial charge in [0.2, 0.25) is 0 Å². The third-order valence-corrected chi connectivity index (χ3v) is 4.07. The number of carbonyl (C=O) groups is 1. The van der Waals surface area contributed by atoms with E-state index in [2.05, 4.69) is 21.1 Å². The minimum Gasteiger partial charge on any atom is -1.00 e. The van der Waals surface area contributed by atoms with Crippen molar-refractivity contribution in [3.05, 3.63) is 29.8 Å². The van der Waals surface area contributed by atoms with Crippen LogP contribution in [0.3, 0.4) is 0 Å². The van der Waals surface area contributed by atoms with Crippen LogP contribution in [0.1, 0.15) is 23.7 Å². The number of quaternary nitrogens is 1. The standard InChI is InChI=1S/C15H24NO2S.HI/c1-6-12(11-16(2,3)4)15(17)13-9-7-8-10-14(13)19(5)18;/h7-10,12H,6,11H2,1-5H3;1H/q+1;/p-1. The molecule has 0 aromatic heterocycles. The number of rotatable bonds is 6. The highest BCUT2D eigenvalue weighted by atomic mass is 127. The van der Waals surface area contributed by atoms with Crippen LogP contribution in [0.5, 0.6) is 0 Å². The van der Waals surface area contributed by atoms with Gasteiger partial charge in [0.05, 0.1) is 39.2 Å². The van der Waals surface area contributed by atoms with E-state index in [0.29, 0.717) is 10.5 Å². The van der Waals surface area contributed by atoms with Crippen LogP contribution in [0.2, 0.25) is 0 Å². The van der Waals surface area contributed by atoms with Crippen LogP contribution in [0, 0.1) is 5.92 Å². The second-order valence-electron chi connectivity index (χ2n) is 5.89. The van der Waals surface area contributed by atoms with Gasteiger partial charge in [-0.05, 0) is 29.7 Å². The molecule has 0 aliphatic carbocycles. The van der Waals surface area contributed by atoms with Gasteiger partial charge in [0.25, 0.3) is 0 Å². The molecule has 0 radical (unpaired) electrons. The summed E-state index contributed by atoms with van der Waals surface area (Å²) in [5.41, 5.74) is 0.614. The van der Waals surface area contributed by atoms with Gasteiger partial charge in [-0.1, -0.05) is 19.1 Å². The third-order valence-electron chi connectivity index (χ3n) is 3.09. The van der Waals surface area contributed by atoms with Crippen molar-refractivity contribution >= 4 is 17.0 Å². The van der Waals surface area contributed by atoms with E-state index in [1.54, 1.807) is 18.4 Å². The molecule has 0 amide bonds. The predicted molar refractivity (Wildman–Crippen MR) is 79.8 cm³/mol. The summed E-state index contributed by atoms with van der Waals surface area (Å²) in [4.78, 5) is 13.3. The van der Waals surface area contributed by atoms with Crippen LogP contribution in [0.15, 0.2) is 29.2 Å². The van der Waals surface area contributed by atoms with Gasteiger partial charge >= 0.3 is 0 Å². The molecular formula is C15H24INO2S. The van der Waals surface area contributed by atoms with Crippen molar-refractivity contribution in [1.82, 2.24) is 0 Å². The second kappa shape index (κ2) is 8.36. The Balaban J connectivity index is 0.00000361. The minimum absolute atomic E-state index is 0. The van der Waals surface area contributed by atoms with Crippen LogP contribution >= 0.6 is 0 Å². The molecule has 1 aromatic carbocycles. The molecule has 5 heteroatoms. The van der Waals surface area contributed by atoms with Crippen molar-refractivity contribution in [2.24, 2.45) is 5.92 Å². The molecule has 114 valence electrons. The average Bonchev–Trinajstić information content (AvgIpc) is 2.34. The molecule has 0 saturated heterocycles. The smallest absolute Gasteiger partial charge is 0.176 e. The molecule has 0 spiro atoms. The molecule has 0 aliphatic heterocycles. The fraction of sp³-hybridized carbons (Fsp3) is 0.533. The lowest BCUT2D eigenvalue weighted by Gasteiger charge is -2.28. The van der Waals surface area contributed by atoms with Gasteiger partial charge < -0.3 is 33.0 Å². The first-order valence-electron chi connectivity index (χ1n) is 6.53. The zero-order valence-electron chi connectivity index (χ0n) is 12.9. The van der Waals surface area contributed by atoms with Gasteiger partial charge in [-0.2, -0.15) is 0 Å². The minimum atomic E-state index is -1.13. The molecule has 0 N–H and O–H groups in total. The molecule has 1 rings (SSSR count). The quantitative estimate of drug-likeness (QED) is 0.271. The molecular weight excluding hydrogens is 385 g/mol. The Labute approximate surface area is 142 Å². The lowest BCUT2D eigenvalue weighted by molar-refractivity contribution is -0.872. The number of hydrogen-bond acceptors (Lipinski definition) is 2. The van der Waals surface area contributed by atoms with Crippen molar-refractivity contribution in [3.8, 4) is 0 Å². The van der Waals surface area contributed by atoms with E-state index in [-0.39, 0.29) is 35.7 Å². The first-order chi connectivity index (χ1) is 8.76. The summed E-state index contributed by atoms with van der Waals surface area (Å²) >= 11 is -1.13. The predicted octanol–water partition coefficient (Wildman–Crippen LogP) is -0.657. The summed E-state index contributed by atoms with van der Waals surface area (Å²) in [7, 11) is 6.25. The van der Waals surface area contributed by atoms with E-state index in [4.69, 9.17) is 0 Å². The number of benzene rings is 1. The van der Waals surface area contributed by atoms with Crippen LogP contribution in [-0.4, -0.2) is 48.8 Å². The van der Waals surface area contributed by atoms with Crippen molar-refractivity contribution < 1.29 is 37.8 Å². The summed E-state index contributed by atoms with van der Waals surface area (Å²) in [5.74, 6) is 0.0889. The zero-order chi connectivity index (χ0) is 14.6. The van der Waals surface area contributed by atoms with Crippen molar-refractivity contribution in [1.29, 1.82) is 0 Å². The monoisotopic (exact) mass is 409 g/mol. The summed E-state index contributed by atoms with van der Waals surface area (Å²) in [6.45, 7) is 2.82. The highest BCUT2D eigenvalue weighted by molar-refractivity contribution is 7.90. The summed E-state index contributed by atoms with van der Waals surface area (Å²) in [5, 5.41) is 0. The lowest BCUT2D eigenvalue weighted by atomic mass is 9.94. The number of halogens is 1. The lowest BCUT2D eigenvalue weighted by Crippen LogP contribution is -3.00. The Morgan fingerprint density at radius 3 is 2.30 bits per heavy atom. The van der Waals surface area contributed by atoms with E-state index in [1.165, 1.54) is 0 Å². The Morgan fingerprint density at radius 2 is 1.85 bits per heavy atom. The number of nitrogens with zero attached hydrogens (tertiary/aromatic N) is 1. The normalized spacial score (nSPS) is 14.3. The first-order valence-corrected chi connectivity index (χ1v) is 8.09. The average molecular weight is 409 g/mol. The molecule has 1 aromatic rings. The largest absolute Gasteiger partial charge is 1.00 e. The maximum absolute atomic E-state index is 12.6. The second-order valence-corrected chi connectivity index (χ2v) is 7.24. The third kappa shape index (κ3) is 5.71. The van der Waals surface area contributed by atoms with Crippen molar-refractivity contribution in [2.75, 3.05) is 33.9 Å². The number of ketones is 1. The van der Waals surface area contributed by atoms with Gasteiger partial charge in [-0.3, -0.25) is 4.79 Å². The van der Waals surface area contributed by atoms with Gasteiger partial charge in [0, 0.05) is 0 Å². The number of Topliss-reactive ketones (excluding diaryl/α,β-unsaturated/α-hetero) is 1. The van der Waals surface area contributed by atoms with Crippen LogP contribution in [0.25, 0.3) is 0 Å². The van der Waals surface area contributed by atoms with E-state index in [9.17, 15) is 9.35 Å². The molecule has 0 aliphatic rings. The van der Waals surface area contributed by atoms with Gasteiger partial charge in [-0.25, -0.2) is 0 Å². The Hall–Kier alpha value is -0.110. The maximum Gasteiger partial charge on any atom is 0.176 e. The van der Waals surface area contributed by atoms with E-state index < -0.39 is 11.2 Å². The van der Waals surface area contributed by atoms with Gasteiger partial charge in [0.1, 0.15) is 6.26 Å². The summed E-state index contributed by atoms with van der Waals surface area (Å²) < 4.78 is 12.5. The van der Waals surface area contributed by atoms with Gasteiger partial charge in [-0.15, -0.1) is 0 Å². The number of hydrogen-bond donors (Lipinski definition) is 0. The zero-order valence-corrected chi connectivity index (χ0v) is 15.8. The van der Waals surface area contributed by atoms with Crippen molar-refractivity contribution in [2.45, 2.75) is 18.2 Å². The van der Waals surface area contributed by atoms with Crippen LogP contribution < -0.4 is 24.0 Å². The van der Waals surface area contributed by atoms with Crippen molar-refractivity contribution in [3.63, 3.8) is 0 Å². The van der Waals surface area contributed by atoms with E-state index >= 15 is 0 Å². The highest BCUT2D eigenvalue weighted by Crippen LogP contribution is 2.21. The molecule has 3 nitrogen and oxygen atoms in total. The molecule has 0 bridgehead atoms. The van der Waals surface area contributed by atoms with E-state index in [1.807, 2.05) is 19.1 Å². The van der Waals surface area contributed by atoms with Gasteiger partial charge in [0.15, 0.2) is 10.7 Å². The molecule has 0 fully saturated rings. The first kappa shape index (κ1) is 19.9. The summed E-state index contributed by atoms with van der Waals surface area (Å²) in [6, 6.07) is 7.23. The maximum atomic E-state index is 12.6. The Bertz CT molecular complexity index is 444. The highest BCUT2D eigenvalue weighted by Gasteiger charge is 2.28.